The number of carbonyl (C=O) groups is 1. The number of hydrogen-bond donors (Lipinski definition) is 1. The second-order valence-corrected chi connectivity index (χ2v) is 6.15. The third kappa shape index (κ3) is 2.59. The van der Waals surface area contributed by atoms with Gasteiger partial charge in [0.25, 0.3) is 0 Å². The van der Waals surface area contributed by atoms with Crippen molar-refractivity contribution in [2.75, 3.05) is 5.32 Å². The largest absolute Gasteiger partial charge is 0.312 e. The molecule has 0 saturated heterocycles. The van der Waals surface area contributed by atoms with E-state index in [0.717, 1.165) is 16.9 Å². The third-order valence-electron chi connectivity index (χ3n) is 4.42. The van der Waals surface area contributed by atoms with E-state index in [0.29, 0.717) is 29.3 Å². The zero-order valence-electron chi connectivity index (χ0n) is 14.5. The lowest BCUT2D eigenvalue weighted by Crippen LogP contribution is -1.97. The van der Waals surface area contributed by atoms with Crippen molar-refractivity contribution in [3.63, 3.8) is 0 Å². The van der Waals surface area contributed by atoms with Crippen molar-refractivity contribution in [2.45, 2.75) is 0 Å². The van der Waals surface area contributed by atoms with Crippen molar-refractivity contribution in [1.29, 1.82) is 0 Å². The lowest BCUT2D eigenvalue weighted by molar-refractivity contribution is -0.105. The van der Waals surface area contributed by atoms with E-state index in [9.17, 15) is 9.18 Å². The average Bonchev–Trinajstić information content (AvgIpc) is 3.29. The molecule has 7 nitrogen and oxygen atoms in total. The van der Waals surface area contributed by atoms with E-state index in [-0.39, 0.29) is 5.82 Å². The highest BCUT2D eigenvalue weighted by Crippen LogP contribution is 2.32. The molecule has 0 radical (unpaired) electrons. The number of nitrogens with zero attached hydrogens (tertiary/aromatic N) is 5. The number of pyridine rings is 1. The van der Waals surface area contributed by atoms with Crippen LogP contribution in [0.5, 0.6) is 0 Å². The first kappa shape index (κ1) is 16.1. The summed E-state index contributed by atoms with van der Waals surface area (Å²) in [5.41, 5.74) is 4.29. The number of carbonyl (C=O) groups excluding carboxylic acids is 1. The number of anilines is 1. The number of fused-ring (bicyclic) bond motifs is 2. The number of aromatic nitrogens is 5. The molecule has 0 saturated carbocycles. The first-order chi connectivity index (χ1) is 13.7. The van der Waals surface area contributed by atoms with Gasteiger partial charge in [0.15, 0.2) is 11.5 Å². The summed E-state index contributed by atoms with van der Waals surface area (Å²) >= 11 is 0. The molecule has 1 N–H and O–H groups in total. The molecule has 0 unspecified atom stereocenters. The van der Waals surface area contributed by atoms with E-state index in [1.54, 1.807) is 22.8 Å². The molecular weight excluding hydrogens is 359 g/mol. The van der Waals surface area contributed by atoms with Gasteiger partial charge >= 0.3 is 0 Å². The minimum absolute atomic E-state index is 0.303. The predicted molar refractivity (Wildman–Crippen MR) is 102 cm³/mol. The quantitative estimate of drug-likeness (QED) is 0.491. The highest BCUT2D eigenvalue weighted by atomic mass is 19.1. The molecule has 0 atom stereocenters. The van der Waals surface area contributed by atoms with Gasteiger partial charge in [0.05, 0.1) is 11.9 Å². The van der Waals surface area contributed by atoms with Gasteiger partial charge in [-0.25, -0.2) is 18.9 Å². The fraction of sp³-hybridized carbons (Fsp3) is 0. The Morgan fingerprint density at radius 2 is 1.82 bits per heavy atom. The fourth-order valence-electron chi connectivity index (χ4n) is 3.19. The van der Waals surface area contributed by atoms with Crippen LogP contribution in [-0.2, 0) is 4.79 Å². The van der Waals surface area contributed by atoms with Crippen LogP contribution in [0.2, 0.25) is 0 Å². The molecule has 5 aromatic rings. The maximum atomic E-state index is 13.4. The molecule has 28 heavy (non-hydrogen) atoms. The number of benzene rings is 1. The summed E-state index contributed by atoms with van der Waals surface area (Å²) in [6.45, 7) is 0. The number of rotatable bonds is 4. The molecule has 0 spiro atoms. The Balaban J connectivity index is 1.75. The number of amides is 1. The Labute approximate surface area is 158 Å². The smallest absolute Gasteiger partial charge is 0.212 e. The van der Waals surface area contributed by atoms with E-state index < -0.39 is 0 Å². The summed E-state index contributed by atoms with van der Waals surface area (Å²) in [5, 5.41) is 7.16. The van der Waals surface area contributed by atoms with Gasteiger partial charge in [0, 0.05) is 11.8 Å². The lowest BCUT2D eigenvalue weighted by Gasteiger charge is -2.05. The molecule has 0 aliphatic carbocycles. The molecule has 0 fully saturated rings. The summed E-state index contributed by atoms with van der Waals surface area (Å²) in [4.78, 5) is 19.6. The van der Waals surface area contributed by atoms with Crippen molar-refractivity contribution in [1.82, 2.24) is 24.0 Å². The number of imidazole rings is 2. The van der Waals surface area contributed by atoms with Gasteiger partial charge in [-0.3, -0.25) is 9.20 Å². The Morgan fingerprint density at radius 1 is 0.964 bits per heavy atom. The molecule has 136 valence electrons. The second kappa shape index (κ2) is 6.27. The van der Waals surface area contributed by atoms with Crippen LogP contribution >= 0.6 is 0 Å². The topological polar surface area (TPSA) is 76.6 Å². The average molecular weight is 372 g/mol. The van der Waals surface area contributed by atoms with Crippen LogP contribution in [-0.4, -0.2) is 30.4 Å². The van der Waals surface area contributed by atoms with E-state index >= 15 is 0 Å². The Bertz CT molecular complexity index is 1320. The van der Waals surface area contributed by atoms with Crippen molar-refractivity contribution < 1.29 is 9.18 Å². The van der Waals surface area contributed by atoms with E-state index in [1.165, 1.54) is 12.1 Å². The molecule has 0 aliphatic heterocycles. The van der Waals surface area contributed by atoms with Crippen molar-refractivity contribution in [3.05, 3.63) is 72.8 Å². The fourth-order valence-corrected chi connectivity index (χ4v) is 3.19. The van der Waals surface area contributed by atoms with Crippen molar-refractivity contribution >= 4 is 23.5 Å². The maximum Gasteiger partial charge on any atom is 0.212 e. The maximum absolute atomic E-state index is 13.4. The summed E-state index contributed by atoms with van der Waals surface area (Å²) in [5.74, 6) is 0.110. The van der Waals surface area contributed by atoms with Crippen molar-refractivity contribution in [2.24, 2.45) is 0 Å². The molecule has 5 rings (SSSR count). The normalized spacial score (nSPS) is 11.2. The summed E-state index contributed by atoms with van der Waals surface area (Å²) < 4.78 is 16.9. The van der Waals surface area contributed by atoms with Crippen LogP contribution < -0.4 is 5.32 Å². The first-order valence-corrected chi connectivity index (χ1v) is 8.53. The first-order valence-electron chi connectivity index (χ1n) is 8.53. The SMILES string of the molecule is O=CNc1cn2nc(-c3c(-c4ccc(F)cc4)nc4ccccn34)ccc2n1. The zero-order valence-corrected chi connectivity index (χ0v) is 14.5. The lowest BCUT2D eigenvalue weighted by atomic mass is 10.1. The van der Waals surface area contributed by atoms with Gasteiger partial charge in [-0.15, -0.1) is 0 Å². The minimum Gasteiger partial charge on any atom is -0.312 e. The highest BCUT2D eigenvalue weighted by Gasteiger charge is 2.18. The van der Waals surface area contributed by atoms with Crippen molar-refractivity contribution in [3.8, 4) is 22.6 Å². The van der Waals surface area contributed by atoms with Gasteiger partial charge in [-0.2, -0.15) is 5.10 Å². The molecule has 4 heterocycles. The monoisotopic (exact) mass is 372 g/mol. The molecule has 8 heteroatoms. The Kier molecular flexibility index (Phi) is 3.61. The van der Waals surface area contributed by atoms with Crippen LogP contribution in [0.25, 0.3) is 33.9 Å². The molecule has 1 aromatic carbocycles. The molecule has 4 aromatic heterocycles. The van der Waals surface area contributed by atoms with Crippen LogP contribution in [0.3, 0.4) is 0 Å². The minimum atomic E-state index is -0.303. The molecular formula is C20H13FN6O. The summed E-state index contributed by atoms with van der Waals surface area (Å²) in [6.07, 6.45) is 4.11. The summed E-state index contributed by atoms with van der Waals surface area (Å²) in [6, 6.07) is 15.6. The van der Waals surface area contributed by atoms with Crippen LogP contribution in [0.4, 0.5) is 10.2 Å². The molecule has 0 aliphatic rings. The van der Waals surface area contributed by atoms with Gasteiger partial charge in [-0.05, 0) is 48.5 Å². The van der Waals surface area contributed by atoms with E-state index in [1.807, 2.05) is 40.9 Å². The Hall–Kier alpha value is -4.07. The summed E-state index contributed by atoms with van der Waals surface area (Å²) in [7, 11) is 0. The van der Waals surface area contributed by atoms with Crippen LogP contribution in [0, 0.1) is 5.82 Å². The zero-order chi connectivity index (χ0) is 19.1. The van der Waals surface area contributed by atoms with Crippen LogP contribution in [0.1, 0.15) is 0 Å². The standard InChI is InChI=1S/C20H13FN6O/c21-14-6-4-13(5-7-14)19-20(26-10-2-1-3-17(26)24-19)15-8-9-18-23-16(22-12-28)11-27(18)25-15/h1-12H,(H,22,28). The van der Waals surface area contributed by atoms with E-state index in [4.69, 9.17) is 4.98 Å². The van der Waals surface area contributed by atoms with Gasteiger partial charge in [0.2, 0.25) is 6.41 Å². The van der Waals surface area contributed by atoms with Gasteiger partial charge < -0.3 is 5.32 Å². The molecule has 0 bridgehead atoms. The number of halogens is 1. The van der Waals surface area contributed by atoms with Crippen LogP contribution in [0.15, 0.2) is 67.0 Å². The second-order valence-electron chi connectivity index (χ2n) is 6.15. The predicted octanol–water partition coefficient (Wildman–Crippen LogP) is 3.42. The number of nitrogens with one attached hydrogen (secondary N) is 1. The Morgan fingerprint density at radius 3 is 2.64 bits per heavy atom. The van der Waals surface area contributed by atoms with Gasteiger partial charge in [0.1, 0.15) is 22.9 Å². The molecule has 1 amide bonds. The highest BCUT2D eigenvalue weighted by molar-refractivity contribution is 5.80. The van der Waals surface area contributed by atoms with Gasteiger partial charge in [-0.1, -0.05) is 6.07 Å². The number of hydrogen-bond acceptors (Lipinski definition) is 4. The third-order valence-corrected chi connectivity index (χ3v) is 4.42. The van der Waals surface area contributed by atoms with E-state index in [2.05, 4.69) is 15.4 Å².